The van der Waals surface area contributed by atoms with Crippen LogP contribution in [-0.2, 0) is 9.63 Å². The van der Waals surface area contributed by atoms with Gasteiger partial charge in [-0.2, -0.15) is 0 Å². The summed E-state index contributed by atoms with van der Waals surface area (Å²) in [5.41, 5.74) is 0.878. The van der Waals surface area contributed by atoms with Crippen molar-refractivity contribution >= 4 is 11.7 Å². The fourth-order valence-corrected chi connectivity index (χ4v) is 1.26. The van der Waals surface area contributed by atoms with Crippen LogP contribution in [0.1, 0.15) is 5.56 Å². The molecule has 0 radical (unpaired) electrons. The maximum absolute atomic E-state index is 11.3. The maximum atomic E-state index is 11.3. The van der Waals surface area contributed by atoms with E-state index in [1.807, 2.05) is 30.3 Å². The Labute approximate surface area is 81.8 Å². The van der Waals surface area contributed by atoms with Crippen LogP contribution < -0.4 is 0 Å². The molecule has 1 aliphatic rings. The number of amidine groups is 1. The average Bonchev–Trinajstić information content (AvgIpc) is 2.23. The van der Waals surface area contributed by atoms with E-state index in [1.54, 1.807) is 7.05 Å². The van der Waals surface area contributed by atoms with Crippen LogP contribution in [0.3, 0.4) is 0 Å². The first kappa shape index (κ1) is 8.74. The fraction of sp³-hybridized carbons (Fsp3) is 0.200. The van der Waals surface area contributed by atoms with Gasteiger partial charge in [0.05, 0.1) is 0 Å². The average molecular weight is 190 g/mol. The molecule has 0 N–H and O–H groups in total. The Morgan fingerprint density at radius 1 is 1.36 bits per heavy atom. The van der Waals surface area contributed by atoms with Crippen molar-refractivity contribution in [1.29, 1.82) is 0 Å². The van der Waals surface area contributed by atoms with Gasteiger partial charge in [-0.15, -0.1) is 0 Å². The molecule has 0 saturated heterocycles. The summed E-state index contributed by atoms with van der Waals surface area (Å²) >= 11 is 0. The molecule has 0 atom stereocenters. The molecule has 1 aromatic rings. The number of carbonyl (C=O) groups excluding carboxylic acids is 1. The van der Waals surface area contributed by atoms with Crippen LogP contribution in [0.15, 0.2) is 35.5 Å². The molecule has 14 heavy (non-hydrogen) atoms. The number of hydrogen-bond acceptors (Lipinski definition) is 3. The van der Waals surface area contributed by atoms with Crippen molar-refractivity contribution in [2.45, 2.75) is 0 Å². The zero-order valence-corrected chi connectivity index (χ0v) is 7.80. The molecular weight excluding hydrogens is 180 g/mol. The summed E-state index contributed by atoms with van der Waals surface area (Å²) in [6, 6.07) is 9.47. The molecule has 0 fully saturated rings. The summed E-state index contributed by atoms with van der Waals surface area (Å²) in [4.78, 5) is 17.6. The van der Waals surface area contributed by atoms with Crippen LogP contribution >= 0.6 is 0 Å². The van der Waals surface area contributed by atoms with Crippen molar-refractivity contribution in [3.05, 3.63) is 35.9 Å². The van der Waals surface area contributed by atoms with Gasteiger partial charge in [0, 0.05) is 12.6 Å². The molecule has 1 aromatic carbocycles. The van der Waals surface area contributed by atoms with E-state index in [4.69, 9.17) is 4.84 Å². The fourth-order valence-electron chi connectivity index (χ4n) is 1.26. The highest BCUT2D eigenvalue weighted by Gasteiger charge is 2.21. The third-order valence-electron chi connectivity index (χ3n) is 2.06. The molecule has 1 heterocycles. The van der Waals surface area contributed by atoms with Gasteiger partial charge < -0.3 is 4.84 Å². The minimum Gasteiger partial charge on any atom is -0.384 e. The van der Waals surface area contributed by atoms with E-state index >= 15 is 0 Å². The van der Waals surface area contributed by atoms with Crippen LogP contribution in [0.4, 0.5) is 0 Å². The maximum Gasteiger partial charge on any atom is 0.268 e. The zero-order chi connectivity index (χ0) is 9.97. The lowest BCUT2D eigenvalue weighted by Gasteiger charge is -2.22. The number of amides is 1. The predicted molar refractivity (Wildman–Crippen MR) is 51.7 cm³/mol. The van der Waals surface area contributed by atoms with E-state index in [9.17, 15) is 4.79 Å². The Bertz CT molecular complexity index is 373. The summed E-state index contributed by atoms with van der Waals surface area (Å²) in [7, 11) is 1.69. The van der Waals surface area contributed by atoms with Crippen molar-refractivity contribution in [2.75, 3.05) is 13.7 Å². The van der Waals surface area contributed by atoms with E-state index in [1.165, 1.54) is 4.90 Å². The smallest absolute Gasteiger partial charge is 0.268 e. The molecule has 2 rings (SSSR count). The third kappa shape index (κ3) is 1.46. The summed E-state index contributed by atoms with van der Waals surface area (Å²) in [6.45, 7) is 0.0207. The lowest BCUT2D eigenvalue weighted by Crippen LogP contribution is -2.39. The van der Waals surface area contributed by atoms with Gasteiger partial charge in [0.15, 0.2) is 12.4 Å². The van der Waals surface area contributed by atoms with Gasteiger partial charge in [-0.1, -0.05) is 35.5 Å². The van der Waals surface area contributed by atoms with E-state index in [0.717, 1.165) is 5.56 Å². The molecule has 0 spiro atoms. The van der Waals surface area contributed by atoms with Crippen molar-refractivity contribution in [3.63, 3.8) is 0 Å². The number of rotatable bonds is 1. The van der Waals surface area contributed by atoms with Crippen molar-refractivity contribution < 1.29 is 9.63 Å². The van der Waals surface area contributed by atoms with E-state index in [-0.39, 0.29) is 12.5 Å². The molecule has 0 unspecified atom stereocenters. The number of carbonyl (C=O) groups is 1. The minimum absolute atomic E-state index is 0.0207. The lowest BCUT2D eigenvalue weighted by atomic mass is 10.2. The highest BCUT2D eigenvalue weighted by atomic mass is 16.6. The Balaban J connectivity index is 2.35. The number of likely N-dealkylation sites (N-methyl/N-ethyl adjacent to an activating group) is 1. The van der Waals surface area contributed by atoms with Crippen LogP contribution in [0, 0.1) is 0 Å². The Hall–Kier alpha value is -1.84. The molecule has 4 heteroatoms. The number of benzene rings is 1. The summed E-state index contributed by atoms with van der Waals surface area (Å²) < 4.78 is 0. The Morgan fingerprint density at radius 3 is 2.79 bits per heavy atom. The highest BCUT2D eigenvalue weighted by Crippen LogP contribution is 2.08. The highest BCUT2D eigenvalue weighted by molar-refractivity contribution is 6.08. The van der Waals surface area contributed by atoms with E-state index < -0.39 is 0 Å². The number of nitrogens with zero attached hydrogens (tertiary/aromatic N) is 2. The summed E-state index contributed by atoms with van der Waals surface area (Å²) in [6.07, 6.45) is 0. The monoisotopic (exact) mass is 190 g/mol. The summed E-state index contributed by atoms with van der Waals surface area (Å²) in [5.74, 6) is 0.473. The normalized spacial score (nSPS) is 16.2. The SMILES string of the molecule is CN1C(=O)CON=C1c1ccccc1. The number of hydrogen-bond donors (Lipinski definition) is 0. The molecule has 1 amide bonds. The van der Waals surface area contributed by atoms with Gasteiger partial charge in [-0.05, 0) is 0 Å². The quantitative estimate of drug-likeness (QED) is 0.658. The first-order valence-electron chi connectivity index (χ1n) is 4.31. The van der Waals surface area contributed by atoms with Crippen molar-refractivity contribution in [1.82, 2.24) is 4.90 Å². The second-order valence-electron chi connectivity index (χ2n) is 3.01. The third-order valence-corrected chi connectivity index (χ3v) is 2.06. The van der Waals surface area contributed by atoms with Crippen LogP contribution in [-0.4, -0.2) is 30.3 Å². The Morgan fingerprint density at radius 2 is 2.07 bits per heavy atom. The second-order valence-corrected chi connectivity index (χ2v) is 3.01. The zero-order valence-electron chi connectivity index (χ0n) is 7.80. The van der Waals surface area contributed by atoms with Crippen molar-refractivity contribution in [2.24, 2.45) is 5.16 Å². The van der Waals surface area contributed by atoms with Gasteiger partial charge in [0.25, 0.3) is 5.91 Å². The Kier molecular flexibility index (Phi) is 2.18. The molecular formula is C10H10N2O2. The minimum atomic E-state index is -0.0844. The second kappa shape index (κ2) is 3.49. The standard InChI is InChI=1S/C10H10N2O2/c1-12-9(13)7-14-11-10(12)8-5-3-2-4-6-8/h2-6H,7H2,1H3. The molecule has 72 valence electrons. The predicted octanol–water partition coefficient (Wildman–Crippen LogP) is 0.837. The lowest BCUT2D eigenvalue weighted by molar-refractivity contribution is -0.133. The van der Waals surface area contributed by atoms with Gasteiger partial charge in [-0.3, -0.25) is 9.69 Å². The molecule has 4 nitrogen and oxygen atoms in total. The van der Waals surface area contributed by atoms with Gasteiger partial charge >= 0.3 is 0 Å². The van der Waals surface area contributed by atoms with Gasteiger partial charge in [-0.25, -0.2) is 0 Å². The number of oxime groups is 1. The molecule has 0 saturated carbocycles. The van der Waals surface area contributed by atoms with E-state index in [0.29, 0.717) is 5.84 Å². The van der Waals surface area contributed by atoms with Gasteiger partial charge in [0.2, 0.25) is 0 Å². The largest absolute Gasteiger partial charge is 0.384 e. The van der Waals surface area contributed by atoms with Crippen LogP contribution in [0.2, 0.25) is 0 Å². The molecule has 0 aliphatic carbocycles. The van der Waals surface area contributed by atoms with Crippen LogP contribution in [0.5, 0.6) is 0 Å². The van der Waals surface area contributed by atoms with Gasteiger partial charge in [0.1, 0.15) is 0 Å². The molecule has 0 bridgehead atoms. The molecule has 1 aliphatic heterocycles. The topological polar surface area (TPSA) is 41.9 Å². The first-order valence-corrected chi connectivity index (χ1v) is 4.31. The summed E-state index contributed by atoms with van der Waals surface area (Å²) in [5, 5.41) is 3.85. The van der Waals surface area contributed by atoms with Crippen molar-refractivity contribution in [3.8, 4) is 0 Å². The molecule has 0 aromatic heterocycles. The van der Waals surface area contributed by atoms with E-state index in [2.05, 4.69) is 5.16 Å². The van der Waals surface area contributed by atoms with Crippen LogP contribution in [0.25, 0.3) is 0 Å². The first-order chi connectivity index (χ1) is 6.79.